The molecule has 0 aromatic carbocycles. The molecule has 0 bridgehead atoms. The molecule has 0 aliphatic carbocycles. The zero-order chi connectivity index (χ0) is 15.9. The summed E-state index contributed by atoms with van der Waals surface area (Å²) in [5.74, 6) is 0. The predicted octanol–water partition coefficient (Wildman–Crippen LogP) is 3.10. The maximum absolute atomic E-state index is 5.07. The second-order valence-corrected chi connectivity index (χ2v) is 6.38. The van der Waals surface area contributed by atoms with E-state index in [0.717, 1.165) is 20.9 Å². The summed E-state index contributed by atoms with van der Waals surface area (Å²) < 4.78 is 6.94. The molecule has 0 N–H and O–H groups in total. The van der Waals surface area contributed by atoms with E-state index in [1.165, 1.54) is 0 Å². The first-order chi connectivity index (χ1) is 11.4. The molecule has 0 unspecified atom stereocenters. The number of nitrogens with zero attached hydrogens (tertiary/aromatic N) is 4. The third-order valence-electron chi connectivity index (χ3n) is 3.01. The van der Waals surface area contributed by atoms with Crippen LogP contribution >= 0.6 is 22.7 Å². The van der Waals surface area contributed by atoms with Gasteiger partial charge in [0.2, 0.25) is 4.80 Å². The number of thiophene rings is 1. The molecule has 0 atom stereocenters. The molecule has 3 aromatic heterocycles. The van der Waals surface area contributed by atoms with Gasteiger partial charge in [-0.1, -0.05) is 12.1 Å². The third-order valence-corrected chi connectivity index (χ3v) is 4.75. The van der Waals surface area contributed by atoms with Gasteiger partial charge in [-0.3, -0.25) is 9.98 Å². The molecular weight excluding hydrogens is 328 g/mol. The van der Waals surface area contributed by atoms with Crippen molar-refractivity contribution in [3.63, 3.8) is 0 Å². The van der Waals surface area contributed by atoms with Crippen molar-refractivity contribution >= 4 is 28.9 Å². The van der Waals surface area contributed by atoms with Crippen LogP contribution in [0, 0.1) is 0 Å². The van der Waals surface area contributed by atoms with Gasteiger partial charge in [-0.15, -0.1) is 22.7 Å². The fraction of sp³-hybridized carbons (Fsp3) is 0.188. The largest absolute Gasteiger partial charge is 0.383 e. The van der Waals surface area contributed by atoms with E-state index < -0.39 is 0 Å². The van der Waals surface area contributed by atoms with Crippen molar-refractivity contribution in [1.82, 2.24) is 9.66 Å². The van der Waals surface area contributed by atoms with Gasteiger partial charge in [0.15, 0.2) is 0 Å². The summed E-state index contributed by atoms with van der Waals surface area (Å²) in [5, 5.41) is 8.75. The van der Waals surface area contributed by atoms with Crippen molar-refractivity contribution in [2.45, 2.75) is 0 Å². The van der Waals surface area contributed by atoms with Crippen molar-refractivity contribution in [2.75, 3.05) is 20.3 Å². The minimum absolute atomic E-state index is 0.596. The molecule has 118 valence electrons. The molecule has 0 saturated carbocycles. The zero-order valence-corrected chi connectivity index (χ0v) is 14.3. The van der Waals surface area contributed by atoms with Crippen molar-refractivity contribution in [1.29, 1.82) is 0 Å². The predicted molar refractivity (Wildman–Crippen MR) is 95.2 cm³/mol. The maximum atomic E-state index is 5.07. The van der Waals surface area contributed by atoms with Crippen LogP contribution in [0.5, 0.6) is 0 Å². The summed E-state index contributed by atoms with van der Waals surface area (Å²) in [4.78, 5) is 10.7. The van der Waals surface area contributed by atoms with Crippen LogP contribution in [0.3, 0.4) is 0 Å². The molecule has 0 amide bonds. The van der Waals surface area contributed by atoms with Crippen molar-refractivity contribution in [2.24, 2.45) is 10.1 Å². The fourth-order valence-electron chi connectivity index (χ4n) is 1.92. The Kier molecular flexibility index (Phi) is 5.46. The lowest BCUT2D eigenvalue weighted by Gasteiger charge is -2.01. The van der Waals surface area contributed by atoms with Crippen LogP contribution in [-0.4, -0.2) is 36.1 Å². The summed E-state index contributed by atoms with van der Waals surface area (Å²) in [6.45, 7) is 1.21. The molecule has 0 aliphatic heterocycles. The number of ether oxygens (including phenoxy) is 1. The average molecular weight is 344 g/mol. The van der Waals surface area contributed by atoms with Gasteiger partial charge in [0.1, 0.15) is 0 Å². The van der Waals surface area contributed by atoms with Crippen LogP contribution < -0.4 is 4.80 Å². The Morgan fingerprint density at radius 3 is 3.00 bits per heavy atom. The van der Waals surface area contributed by atoms with E-state index in [0.29, 0.717) is 13.2 Å². The van der Waals surface area contributed by atoms with Crippen LogP contribution in [-0.2, 0) is 4.74 Å². The lowest BCUT2D eigenvalue weighted by Crippen LogP contribution is -2.13. The minimum atomic E-state index is 0.596. The summed E-state index contributed by atoms with van der Waals surface area (Å²) in [7, 11) is 1.68. The molecule has 0 saturated heterocycles. The molecule has 23 heavy (non-hydrogen) atoms. The number of aromatic nitrogens is 2. The monoisotopic (exact) mass is 344 g/mol. The second-order valence-electron chi connectivity index (χ2n) is 4.60. The maximum Gasteiger partial charge on any atom is 0.206 e. The van der Waals surface area contributed by atoms with Crippen LogP contribution in [0.1, 0.15) is 5.56 Å². The second kappa shape index (κ2) is 7.96. The first kappa shape index (κ1) is 15.8. The molecule has 3 aromatic rings. The van der Waals surface area contributed by atoms with E-state index in [4.69, 9.17) is 4.74 Å². The number of rotatable bonds is 6. The number of methoxy groups -OCH3 is 1. The minimum Gasteiger partial charge on any atom is -0.383 e. The summed E-state index contributed by atoms with van der Waals surface area (Å²) in [6, 6.07) is 7.98. The summed E-state index contributed by atoms with van der Waals surface area (Å²) >= 11 is 3.26. The van der Waals surface area contributed by atoms with Gasteiger partial charge in [0, 0.05) is 30.4 Å². The van der Waals surface area contributed by atoms with Crippen LogP contribution in [0.15, 0.2) is 57.5 Å². The van der Waals surface area contributed by atoms with E-state index in [-0.39, 0.29) is 0 Å². The fourth-order valence-corrected chi connectivity index (χ4v) is 3.58. The van der Waals surface area contributed by atoms with E-state index in [2.05, 4.69) is 31.9 Å². The average Bonchev–Trinajstić information content (AvgIpc) is 3.23. The SMILES string of the molecule is COCCN=c1scc(-c2cccs2)n1/N=C\c1cccnc1. The van der Waals surface area contributed by atoms with Gasteiger partial charge in [-0.2, -0.15) is 5.10 Å². The Hall–Kier alpha value is -2.09. The Morgan fingerprint density at radius 2 is 2.26 bits per heavy atom. The molecule has 0 spiro atoms. The van der Waals surface area contributed by atoms with Gasteiger partial charge < -0.3 is 4.74 Å². The Balaban J connectivity index is 1.99. The number of pyridine rings is 1. The van der Waals surface area contributed by atoms with E-state index in [1.807, 2.05) is 22.9 Å². The first-order valence-corrected chi connectivity index (χ1v) is 8.82. The Morgan fingerprint density at radius 1 is 1.30 bits per heavy atom. The van der Waals surface area contributed by atoms with Gasteiger partial charge >= 0.3 is 0 Å². The molecule has 0 fully saturated rings. The van der Waals surface area contributed by atoms with Gasteiger partial charge in [0.25, 0.3) is 0 Å². The zero-order valence-electron chi connectivity index (χ0n) is 12.6. The molecule has 0 radical (unpaired) electrons. The molecule has 3 rings (SSSR count). The van der Waals surface area contributed by atoms with Crippen LogP contribution in [0.4, 0.5) is 0 Å². The summed E-state index contributed by atoms with van der Waals surface area (Å²) in [6.07, 6.45) is 5.33. The first-order valence-electron chi connectivity index (χ1n) is 7.06. The highest BCUT2D eigenvalue weighted by Crippen LogP contribution is 2.24. The van der Waals surface area contributed by atoms with Gasteiger partial charge in [0.05, 0.1) is 29.9 Å². The highest BCUT2D eigenvalue weighted by molar-refractivity contribution is 7.14. The van der Waals surface area contributed by atoms with E-state index in [9.17, 15) is 0 Å². The van der Waals surface area contributed by atoms with Crippen LogP contribution in [0.25, 0.3) is 10.6 Å². The number of thiazole rings is 1. The van der Waals surface area contributed by atoms with E-state index in [1.54, 1.807) is 48.4 Å². The van der Waals surface area contributed by atoms with Gasteiger partial charge in [-0.05, 0) is 17.5 Å². The lowest BCUT2D eigenvalue weighted by molar-refractivity contribution is 0.207. The topological polar surface area (TPSA) is 51.8 Å². The molecule has 7 heteroatoms. The van der Waals surface area contributed by atoms with Crippen LogP contribution in [0.2, 0.25) is 0 Å². The summed E-state index contributed by atoms with van der Waals surface area (Å²) in [5.41, 5.74) is 1.99. The van der Waals surface area contributed by atoms with Gasteiger partial charge in [-0.25, -0.2) is 4.68 Å². The number of hydrogen-bond acceptors (Lipinski definition) is 6. The molecular formula is C16H16N4OS2. The van der Waals surface area contributed by atoms with Crippen molar-refractivity contribution < 1.29 is 4.74 Å². The highest BCUT2D eigenvalue weighted by Gasteiger charge is 2.08. The van der Waals surface area contributed by atoms with E-state index >= 15 is 0 Å². The standard InChI is InChI=1S/C16H16N4OS2/c1-21-8-7-18-16-20(19-11-13-4-2-6-17-10-13)14(12-23-16)15-5-3-9-22-15/h2-6,9-12H,7-8H2,1H3/b18-16?,19-11-. The third kappa shape index (κ3) is 4.01. The normalized spacial score (nSPS) is 12.3. The Bertz CT molecular complexity index is 819. The number of hydrogen-bond donors (Lipinski definition) is 0. The van der Waals surface area contributed by atoms with Crippen molar-refractivity contribution in [3.8, 4) is 10.6 Å². The quantitative estimate of drug-likeness (QED) is 0.510. The highest BCUT2D eigenvalue weighted by atomic mass is 32.1. The molecule has 0 aliphatic rings. The lowest BCUT2D eigenvalue weighted by atomic mass is 10.3. The molecule has 3 heterocycles. The smallest absolute Gasteiger partial charge is 0.206 e. The molecule has 5 nitrogen and oxygen atoms in total. The van der Waals surface area contributed by atoms with Crippen molar-refractivity contribution in [3.05, 3.63) is 57.8 Å². The Labute approximate surface area is 142 Å².